The van der Waals surface area contributed by atoms with Crippen LogP contribution in [0.25, 0.3) is 0 Å². The maximum atomic E-state index is 12.7. The van der Waals surface area contributed by atoms with Crippen molar-refractivity contribution in [2.24, 2.45) is 5.41 Å². The molecule has 0 spiro atoms. The van der Waals surface area contributed by atoms with Gasteiger partial charge in [-0.05, 0) is 30.8 Å². The van der Waals surface area contributed by atoms with Gasteiger partial charge >= 0.3 is 5.97 Å². The molecule has 62 valence electrons. The Bertz CT molecular complexity index is 226. The van der Waals surface area contributed by atoms with Gasteiger partial charge < -0.3 is 5.11 Å². The largest absolute Gasteiger partial charge is 0.476 e. The van der Waals surface area contributed by atoms with Gasteiger partial charge in [-0.2, -0.15) is 4.39 Å². The van der Waals surface area contributed by atoms with Crippen LogP contribution in [-0.2, 0) is 4.79 Å². The van der Waals surface area contributed by atoms with Gasteiger partial charge in [0, 0.05) is 0 Å². The van der Waals surface area contributed by atoms with Crippen LogP contribution in [0.4, 0.5) is 4.39 Å². The van der Waals surface area contributed by atoms with Crippen LogP contribution in [0.3, 0.4) is 0 Å². The lowest BCUT2D eigenvalue weighted by atomic mass is 9.99. The normalized spacial score (nSPS) is 22.5. The third kappa shape index (κ3) is 1.42. The molecule has 1 rings (SSSR count). The molecule has 1 N–H and O–H groups in total. The van der Waals surface area contributed by atoms with E-state index >= 15 is 0 Å². The molecule has 1 aliphatic rings. The average molecular weight is 158 g/mol. The number of carboxylic acid groups (broad SMARTS) is 1. The number of aliphatic carboxylic acids is 1. The van der Waals surface area contributed by atoms with Crippen molar-refractivity contribution >= 4 is 5.97 Å². The number of hydrogen-bond donors (Lipinski definition) is 1. The van der Waals surface area contributed by atoms with Gasteiger partial charge in [-0.25, -0.2) is 4.79 Å². The molecule has 0 radical (unpaired) electrons. The Morgan fingerprint density at radius 2 is 2.00 bits per heavy atom. The van der Waals surface area contributed by atoms with Crippen molar-refractivity contribution in [3.05, 3.63) is 11.4 Å². The molecule has 1 fully saturated rings. The Morgan fingerprint density at radius 1 is 1.55 bits per heavy atom. The molecule has 0 aromatic carbocycles. The molecule has 0 atom stereocenters. The molecular formula is C8H11FO2. The minimum atomic E-state index is -1.45. The van der Waals surface area contributed by atoms with E-state index in [4.69, 9.17) is 5.11 Å². The lowest BCUT2D eigenvalue weighted by Crippen LogP contribution is -2.04. The average Bonchev–Trinajstić information content (AvgIpc) is 2.66. The summed E-state index contributed by atoms with van der Waals surface area (Å²) in [5.74, 6) is -2.43. The molecule has 0 aromatic rings. The smallest absolute Gasteiger partial charge is 0.364 e. The van der Waals surface area contributed by atoms with Crippen molar-refractivity contribution in [3.63, 3.8) is 0 Å². The molecule has 0 bridgehead atoms. The number of allylic oxidation sites excluding steroid dienone is 1. The third-order valence-electron chi connectivity index (χ3n) is 2.42. The molecule has 1 saturated carbocycles. The summed E-state index contributed by atoms with van der Waals surface area (Å²) in [6.07, 6.45) is 1.80. The zero-order valence-corrected chi connectivity index (χ0v) is 6.65. The van der Waals surface area contributed by atoms with Crippen LogP contribution in [0.5, 0.6) is 0 Å². The topological polar surface area (TPSA) is 37.3 Å². The van der Waals surface area contributed by atoms with E-state index in [-0.39, 0.29) is 5.41 Å². The summed E-state index contributed by atoms with van der Waals surface area (Å²) in [6, 6.07) is 0. The van der Waals surface area contributed by atoms with E-state index in [9.17, 15) is 9.18 Å². The molecule has 0 saturated heterocycles. The van der Waals surface area contributed by atoms with Crippen LogP contribution >= 0.6 is 0 Å². The van der Waals surface area contributed by atoms with E-state index in [1.165, 1.54) is 0 Å². The van der Waals surface area contributed by atoms with E-state index in [0.717, 1.165) is 12.8 Å². The van der Waals surface area contributed by atoms with Crippen LogP contribution < -0.4 is 0 Å². The number of rotatable bonds is 2. The van der Waals surface area contributed by atoms with Gasteiger partial charge in [-0.1, -0.05) is 6.92 Å². The van der Waals surface area contributed by atoms with E-state index in [1.54, 1.807) is 6.92 Å². The first-order valence-corrected chi connectivity index (χ1v) is 3.57. The molecule has 0 heterocycles. The molecule has 0 amide bonds. The predicted molar refractivity (Wildman–Crippen MR) is 38.8 cm³/mol. The van der Waals surface area contributed by atoms with Crippen LogP contribution in [-0.4, -0.2) is 11.1 Å². The predicted octanol–water partition coefficient (Wildman–Crippen LogP) is 2.11. The molecule has 11 heavy (non-hydrogen) atoms. The summed E-state index contributed by atoms with van der Waals surface area (Å²) in [7, 11) is 0. The van der Waals surface area contributed by atoms with Crippen LogP contribution in [0.15, 0.2) is 11.4 Å². The third-order valence-corrected chi connectivity index (χ3v) is 2.42. The summed E-state index contributed by atoms with van der Waals surface area (Å²) in [5, 5.41) is 8.31. The summed E-state index contributed by atoms with van der Waals surface area (Å²) in [4.78, 5) is 10.2. The standard InChI is InChI=1S/C8H11FO2/c1-5(6(9)7(10)11)8(2)3-4-8/h3-4H2,1-2H3,(H,10,11)/b6-5-. The fourth-order valence-corrected chi connectivity index (χ4v) is 0.988. The van der Waals surface area contributed by atoms with Crippen LogP contribution in [0.1, 0.15) is 26.7 Å². The number of carboxylic acids is 1. The maximum absolute atomic E-state index is 12.7. The Morgan fingerprint density at radius 3 is 2.27 bits per heavy atom. The highest BCUT2D eigenvalue weighted by molar-refractivity contribution is 5.85. The molecule has 0 unspecified atom stereocenters. The Hall–Kier alpha value is -0.860. The molecule has 0 aromatic heterocycles. The van der Waals surface area contributed by atoms with Crippen molar-refractivity contribution in [1.29, 1.82) is 0 Å². The van der Waals surface area contributed by atoms with Gasteiger partial charge in [-0.3, -0.25) is 0 Å². The monoisotopic (exact) mass is 158 g/mol. The fraction of sp³-hybridized carbons (Fsp3) is 0.625. The van der Waals surface area contributed by atoms with E-state index < -0.39 is 11.8 Å². The first kappa shape index (κ1) is 8.24. The van der Waals surface area contributed by atoms with Crippen molar-refractivity contribution in [3.8, 4) is 0 Å². The molecule has 1 aliphatic carbocycles. The van der Waals surface area contributed by atoms with Crippen molar-refractivity contribution in [2.45, 2.75) is 26.7 Å². The highest BCUT2D eigenvalue weighted by Crippen LogP contribution is 2.52. The zero-order valence-electron chi connectivity index (χ0n) is 6.65. The Balaban J connectivity index is 2.86. The summed E-state index contributed by atoms with van der Waals surface area (Å²) < 4.78 is 12.7. The molecular weight excluding hydrogens is 147 g/mol. The van der Waals surface area contributed by atoms with Gasteiger partial charge in [0.2, 0.25) is 5.83 Å². The van der Waals surface area contributed by atoms with Gasteiger partial charge in [0.1, 0.15) is 0 Å². The van der Waals surface area contributed by atoms with Gasteiger partial charge in [0.25, 0.3) is 0 Å². The van der Waals surface area contributed by atoms with E-state index in [1.807, 2.05) is 6.92 Å². The fourth-order valence-electron chi connectivity index (χ4n) is 0.988. The second kappa shape index (κ2) is 2.32. The first-order chi connectivity index (χ1) is 4.97. The number of hydrogen-bond acceptors (Lipinski definition) is 1. The van der Waals surface area contributed by atoms with Gasteiger partial charge in [-0.15, -0.1) is 0 Å². The zero-order chi connectivity index (χ0) is 8.65. The Kier molecular flexibility index (Phi) is 1.74. The lowest BCUT2D eigenvalue weighted by Gasteiger charge is -2.07. The van der Waals surface area contributed by atoms with Gasteiger partial charge in [0.05, 0.1) is 0 Å². The summed E-state index contributed by atoms with van der Waals surface area (Å²) in [6.45, 7) is 3.43. The van der Waals surface area contributed by atoms with E-state index in [2.05, 4.69) is 0 Å². The minimum Gasteiger partial charge on any atom is -0.476 e. The summed E-state index contributed by atoms with van der Waals surface area (Å²) >= 11 is 0. The second-order valence-electron chi connectivity index (χ2n) is 3.30. The minimum absolute atomic E-state index is 0.164. The quantitative estimate of drug-likeness (QED) is 0.625. The number of halogens is 1. The summed E-state index contributed by atoms with van der Waals surface area (Å²) in [5.41, 5.74) is 0.215. The van der Waals surface area contributed by atoms with Gasteiger partial charge in [0.15, 0.2) is 0 Å². The second-order valence-corrected chi connectivity index (χ2v) is 3.30. The van der Waals surface area contributed by atoms with Crippen LogP contribution in [0.2, 0.25) is 0 Å². The molecule has 0 aliphatic heterocycles. The lowest BCUT2D eigenvalue weighted by molar-refractivity contribution is -0.134. The first-order valence-electron chi connectivity index (χ1n) is 3.57. The van der Waals surface area contributed by atoms with Crippen LogP contribution in [0, 0.1) is 5.41 Å². The van der Waals surface area contributed by atoms with E-state index in [0.29, 0.717) is 5.57 Å². The SMILES string of the molecule is C/C(=C(/F)C(=O)O)C1(C)CC1. The molecule has 3 heteroatoms. The highest BCUT2D eigenvalue weighted by Gasteiger charge is 2.41. The molecule has 2 nitrogen and oxygen atoms in total. The van der Waals surface area contributed by atoms with Crippen molar-refractivity contribution < 1.29 is 14.3 Å². The number of carbonyl (C=O) groups is 1. The van der Waals surface area contributed by atoms with Crippen molar-refractivity contribution in [1.82, 2.24) is 0 Å². The van der Waals surface area contributed by atoms with Crippen molar-refractivity contribution in [2.75, 3.05) is 0 Å². The highest BCUT2D eigenvalue weighted by atomic mass is 19.1. The Labute approximate surface area is 64.7 Å². The maximum Gasteiger partial charge on any atom is 0.364 e.